The van der Waals surface area contributed by atoms with Gasteiger partial charge >= 0.3 is 0 Å². The van der Waals surface area contributed by atoms with E-state index in [-0.39, 0.29) is 5.41 Å². The molecule has 0 saturated heterocycles. The van der Waals surface area contributed by atoms with Gasteiger partial charge in [-0.1, -0.05) is 133 Å². The molecule has 0 bridgehead atoms. The summed E-state index contributed by atoms with van der Waals surface area (Å²) >= 11 is 0. The first-order valence-electron chi connectivity index (χ1n) is 13.4. The molecule has 1 heteroatoms. The highest BCUT2D eigenvalue weighted by Gasteiger charge is 2.46. The highest BCUT2D eigenvalue weighted by atomic mass is 14.9. The third-order valence-corrected chi connectivity index (χ3v) is 8.07. The van der Waals surface area contributed by atoms with E-state index < -0.39 is 0 Å². The predicted molar refractivity (Wildman–Crippen MR) is 158 cm³/mol. The van der Waals surface area contributed by atoms with Crippen molar-refractivity contribution in [2.45, 2.75) is 17.8 Å². The van der Waals surface area contributed by atoms with Crippen LogP contribution in [0.25, 0.3) is 11.1 Å². The average Bonchev–Trinajstić information content (AvgIpc) is 3.29. The molecule has 0 aromatic heterocycles. The predicted octanol–water partition coefficient (Wildman–Crippen LogP) is 9.09. The normalized spacial score (nSPS) is 16.8. The van der Waals surface area contributed by atoms with Gasteiger partial charge in [-0.15, -0.1) is 0 Å². The van der Waals surface area contributed by atoms with Crippen molar-refractivity contribution in [3.63, 3.8) is 0 Å². The lowest BCUT2D eigenvalue weighted by atomic mass is 9.67. The first-order chi connectivity index (χ1) is 18.8. The topological polar surface area (TPSA) is 12.0 Å². The summed E-state index contributed by atoms with van der Waals surface area (Å²) in [6.45, 7) is 0. The summed E-state index contributed by atoms with van der Waals surface area (Å²) in [4.78, 5) is 0. The first-order valence-corrected chi connectivity index (χ1v) is 13.4. The van der Waals surface area contributed by atoms with Crippen LogP contribution in [-0.4, -0.2) is 0 Å². The van der Waals surface area contributed by atoms with Crippen LogP contribution in [0, 0.1) is 0 Å². The summed E-state index contributed by atoms with van der Waals surface area (Å²) < 4.78 is 0. The van der Waals surface area contributed by atoms with Gasteiger partial charge in [0.05, 0.1) is 5.41 Å². The highest BCUT2D eigenvalue weighted by molar-refractivity contribution is 5.86. The smallest absolute Gasteiger partial charge is 0.0713 e. The Bertz CT molecular complexity index is 1610. The van der Waals surface area contributed by atoms with Gasteiger partial charge in [0.2, 0.25) is 0 Å². The van der Waals surface area contributed by atoms with Crippen molar-refractivity contribution in [2.24, 2.45) is 0 Å². The lowest BCUT2D eigenvalue weighted by Gasteiger charge is -2.34. The zero-order valence-corrected chi connectivity index (χ0v) is 21.2. The van der Waals surface area contributed by atoms with Gasteiger partial charge in [0.15, 0.2) is 0 Å². The SMILES string of the molecule is C1=CC(c2ccc3c(c2)C(c2ccccc2)(c2ccccc2)c2ccccc2-3)CC=C1Nc1ccccc1. The van der Waals surface area contributed by atoms with Crippen molar-refractivity contribution in [1.29, 1.82) is 0 Å². The molecule has 1 atom stereocenters. The second-order valence-corrected chi connectivity index (χ2v) is 10.2. The Labute approximate surface area is 224 Å². The van der Waals surface area contributed by atoms with Crippen LogP contribution >= 0.6 is 0 Å². The molecule has 0 aliphatic heterocycles. The molecule has 0 spiro atoms. The van der Waals surface area contributed by atoms with E-state index in [1.165, 1.54) is 38.9 Å². The molecular formula is C37H29N. The van der Waals surface area contributed by atoms with Crippen LogP contribution < -0.4 is 5.32 Å². The van der Waals surface area contributed by atoms with Crippen LogP contribution in [-0.2, 0) is 5.41 Å². The van der Waals surface area contributed by atoms with Crippen molar-refractivity contribution in [1.82, 2.24) is 0 Å². The Morgan fingerprint density at radius 3 is 1.84 bits per heavy atom. The molecule has 1 nitrogen and oxygen atoms in total. The molecule has 2 aliphatic rings. The maximum atomic E-state index is 3.54. The van der Waals surface area contributed by atoms with E-state index >= 15 is 0 Å². The van der Waals surface area contributed by atoms with E-state index in [0.29, 0.717) is 5.92 Å². The molecule has 182 valence electrons. The van der Waals surface area contributed by atoms with Gasteiger partial charge in [0.1, 0.15) is 0 Å². The van der Waals surface area contributed by atoms with Crippen molar-refractivity contribution < 1.29 is 0 Å². The molecule has 1 N–H and O–H groups in total. The Balaban J connectivity index is 1.34. The fraction of sp³-hybridized carbons (Fsp3) is 0.0811. The van der Waals surface area contributed by atoms with Crippen molar-refractivity contribution in [3.05, 3.63) is 185 Å². The monoisotopic (exact) mass is 487 g/mol. The minimum Gasteiger partial charge on any atom is -0.356 e. The highest BCUT2D eigenvalue weighted by Crippen LogP contribution is 2.56. The summed E-state index contributed by atoms with van der Waals surface area (Å²) in [5.74, 6) is 0.342. The van der Waals surface area contributed by atoms with Gasteiger partial charge in [0, 0.05) is 17.3 Å². The Hall–Kier alpha value is -4.62. The fourth-order valence-electron chi connectivity index (χ4n) is 6.34. The van der Waals surface area contributed by atoms with Gasteiger partial charge in [-0.05, 0) is 63.6 Å². The number of hydrogen-bond donors (Lipinski definition) is 1. The lowest BCUT2D eigenvalue weighted by molar-refractivity contribution is 0.761. The van der Waals surface area contributed by atoms with Gasteiger partial charge in [-0.25, -0.2) is 0 Å². The summed E-state index contributed by atoms with van der Waals surface area (Å²) in [7, 11) is 0. The molecule has 0 fully saturated rings. The Kier molecular flexibility index (Phi) is 5.56. The van der Waals surface area contributed by atoms with E-state index in [4.69, 9.17) is 0 Å². The molecule has 0 radical (unpaired) electrons. The zero-order valence-electron chi connectivity index (χ0n) is 21.2. The lowest BCUT2D eigenvalue weighted by Crippen LogP contribution is -2.28. The van der Waals surface area contributed by atoms with Crippen LogP contribution in [0.3, 0.4) is 0 Å². The van der Waals surface area contributed by atoms with Crippen LogP contribution in [0.2, 0.25) is 0 Å². The minimum absolute atomic E-state index is 0.342. The standard InChI is InChI=1S/C37H29N/c1-4-12-29(13-5-1)37(30-14-6-2-7-15-30)35-19-11-10-18-33(35)34-25-22-28(26-36(34)37)27-20-23-32(24-21-27)38-31-16-8-3-9-17-31/h1-20,22-27,38H,21H2. The van der Waals surface area contributed by atoms with Gasteiger partial charge in [0.25, 0.3) is 0 Å². The molecule has 1 unspecified atom stereocenters. The number of para-hydroxylation sites is 1. The number of rotatable bonds is 5. The van der Waals surface area contributed by atoms with Crippen molar-refractivity contribution >= 4 is 5.69 Å². The molecule has 0 heterocycles. The fourth-order valence-corrected chi connectivity index (χ4v) is 6.34. The summed E-state index contributed by atoms with van der Waals surface area (Å²) in [5, 5.41) is 3.54. The molecule has 0 amide bonds. The van der Waals surface area contributed by atoms with E-state index in [1.807, 2.05) is 6.07 Å². The first kappa shape index (κ1) is 22.6. The summed E-state index contributed by atoms with van der Waals surface area (Å²) in [6.07, 6.45) is 7.87. The van der Waals surface area contributed by atoms with E-state index in [2.05, 4.69) is 151 Å². The van der Waals surface area contributed by atoms with Crippen LogP contribution in [0.15, 0.2) is 157 Å². The Morgan fingerprint density at radius 2 is 1.18 bits per heavy atom. The molecule has 2 aliphatic carbocycles. The number of nitrogens with one attached hydrogen (secondary N) is 1. The molecule has 7 rings (SSSR count). The summed E-state index contributed by atoms with van der Waals surface area (Å²) in [6, 6.07) is 48.5. The quantitative estimate of drug-likeness (QED) is 0.256. The van der Waals surface area contributed by atoms with Gasteiger partial charge in [-0.2, -0.15) is 0 Å². The number of allylic oxidation sites excluding steroid dienone is 3. The number of hydrogen-bond acceptors (Lipinski definition) is 1. The molecule has 38 heavy (non-hydrogen) atoms. The molecular weight excluding hydrogens is 458 g/mol. The third kappa shape index (κ3) is 3.63. The molecule has 5 aromatic rings. The van der Waals surface area contributed by atoms with Crippen LogP contribution in [0.5, 0.6) is 0 Å². The zero-order chi connectivity index (χ0) is 25.4. The number of fused-ring (bicyclic) bond motifs is 3. The van der Waals surface area contributed by atoms with Gasteiger partial charge in [-0.3, -0.25) is 0 Å². The van der Waals surface area contributed by atoms with E-state index in [9.17, 15) is 0 Å². The van der Waals surface area contributed by atoms with E-state index in [0.717, 1.165) is 17.8 Å². The second kappa shape index (κ2) is 9.36. The maximum absolute atomic E-state index is 3.54. The van der Waals surface area contributed by atoms with Crippen LogP contribution in [0.1, 0.15) is 40.2 Å². The molecule has 5 aromatic carbocycles. The number of anilines is 1. The average molecular weight is 488 g/mol. The van der Waals surface area contributed by atoms with Crippen molar-refractivity contribution in [2.75, 3.05) is 5.32 Å². The minimum atomic E-state index is -0.349. The second-order valence-electron chi connectivity index (χ2n) is 10.2. The third-order valence-electron chi connectivity index (χ3n) is 8.07. The van der Waals surface area contributed by atoms with Crippen LogP contribution in [0.4, 0.5) is 5.69 Å². The molecule has 0 saturated carbocycles. The number of benzene rings is 5. The summed E-state index contributed by atoms with van der Waals surface area (Å²) in [5.41, 5.74) is 11.3. The van der Waals surface area contributed by atoms with Gasteiger partial charge < -0.3 is 5.32 Å². The van der Waals surface area contributed by atoms with Crippen molar-refractivity contribution in [3.8, 4) is 11.1 Å². The Morgan fingerprint density at radius 1 is 0.579 bits per heavy atom. The van der Waals surface area contributed by atoms with E-state index in [1.54, 1.807) is 0 Å². The maximum Gasteiger partial charge on any atom is 0.0713 e. The largest absolute Gasteiger partial charge is 0.356 e.